The second-order valence-electron chi connectivity index (χ2n) is 10.2. The number of amides is 1. The van der Waals surface area contributed by atoms with Crippen molar-refractivity contribution in [1.82, 2.24) is 10.2 Å². The number of thioether (sulfide) groups is 1. The smallest absolute Gasteiger partial charge is 0.301 e. The Morgan fingerprint density at radius 3 is 2.37 bits per heavy atom. The predicted octanol–water partition coefficient (Wildman–Crippen LogP) is 7.57. The highest BCUT2D eigenvalue weighted by Gasteiger charge is 2.48. The zero-order valence-corrected chi connectivity index (χ0v) is 26.3. The van der Waals surface area contributed by atoms with E-state index in [4.69, 9.17) is 9.47 Å². The lowest BCUT2D eigenvalue weighted by atomic mass is 9.95. The van der Waals surface area contributed by atoms with Crippen LogP contribution in [0, 0.1) is 5.82 Å². The number of aliphatic hydroxyl groups excluding tert-OH is 1. The van der Waals surface area contributed by atoms with Crippen molar-refractivity contribution in [3.63, 3.8) is 0 Å². The number of nitrogens with zero attached hydrogens (tertiary/aromatic N) is 3. The van der Waals surface area contributed by atoms with Crippen molar-refractivity contribution in [1.29, 1.82) is 0 Å². The van der Waals surface area contributed by atoms with Gasteiger partial charge in [-0.1, -0.05) is 108 Å². The van der Waals surface area contributed by atoms with Gasteiger partial charge in [0.25, 0.3) is 5.78 Å². The van der Waals surface area contributed by atoms with Crippen LogP contribution >= 0.6 is 23.1 Å². The summed E-state index contributed by atoms with van der Waals surface area (Å²) in [4.78, 5) is 28.5. The van der Waals surface area contributed by atoms with Crippen LogP contribution in [0.25, 0.3) is 5.76 Å². The standard InChI is InChI=1S/C35H28FN3O5S2/c1-2-43-28-19-24(17-18-27(28)44-20-22-11-5-3-6-12-22)30-29(31(40)23-13-7-4-8-14-23)32(41)33(42)39(30)34-37-38-35(46-34)45-21-25-15-9-10-16-26(25)36/h3-19,30,40H,2,20-21H2,1H3. The lowest BCUT2D eigenvalue weighted by molar-refractivity contribution is -0.132. The van der Waals surface area contributed by atoms with E-state index in [2.05, 4.69) is 10.2 Å². The molecular formula is C35H28FN3O5S2. The zero-order valence-electron chi connectivity index (χ0n) is 24.6. The van der Waals surface area contributed by atoms with E-state index in [9.17, 15) is 19.1 Å². The first kappa shape index (κ1) is 31.0. The van der Waals surface area contributed by atoms with Crippen molar-refractivity contribution in [2.75, 3.05) is 11.5 Å². The van der Waals surface area contributed by atoms with Gasteiger partial charge in [0.2, 0.25) is 5.13 Å². The normalized spacial score (nSPS) is 15.7. The summed E-state index contributed by atoms with van der Waals surface area (Å²) in [6.07, 6.45) is 0. The Balaban J connectivity index is 1.39. The van der Waals surface area contributed by atoms with Gasteiger partial charge in [-0.25, -0.2) is 4.39 Å². The highest BCUT2D eigenvalue weighted by molar-refractivity contribution is 8.00. The molecule has 4 aromatic carbocycles. The lowest BCUT2D eigenvalue weighted by Crippen LogP contribution is -2.29. The maximum atomic E-state index is 14.2. The van der Waals surface area contributed by atoms with Gasteiger partial charge in [0.15, 0.2) is 15.8 Å². The predicted molar refractivity (Wildman–Crippen MR) is 175 cm³/mol. The third-order valence-electron chi connectivity index (χ3n) is 7.22. The van der Waals surface area contributed by atoms with Gasteiger partial charge >= 0.3 is 5.91 Å². The summed E-state index contributed by atoms with van der Waals surface area (Å²) < 4.78 is 26.7. The zero-order chi connectivity index (χ0) is 32.0. The van der Waals surface area contributed by atoms with Crippen LogP contribution in [0.4, 0.5) is 9.52 Å². The van der Waals surface area contributed by atoms with E-state index in [1.165, 1.54) is 22.7 Å². The summed E-state index contributed by atoms with van der Waals surface area (Å²) in [5, 5.41) is 20.1. The van der Waals surface area contributed by atoms with E-state index in [0.29, 0.717) is 51.5 Å². The molecule has 1 N–H and O–H groups in total. The number of hydrogen-bond donors (Lipinski definition) is 1. The van der Waals surface area contributed by atoms with Crippen molar-refractivity contribution >= 4 is 45.7 Å². The Kier molecular flexibility index (Phi) is 9.41. The fourth-order valence-electron chi connectivity index (χ4n) is 5.03. The number of rotatable bonds is 11. The third-order valence-corrected chi connectivity index (χ3v) is 9.33. The number of aliphatic hydroxyl groups is 1. The molecule has 0 aliphatic carbocycles. The van der Waals surface area contributed by atoms with Gasteiger partial charge in [0.1, 0.15) is 18.2 Å². The molecule has 5 aromatic rings. The maximum absolute atomic E-state index is 14.2. The summed E-state index contributed by atoms with van der Waals surface area (Å²) in [6.45, 7) is 2.50. The number of halogens is 1. The molecule has 1 aliphatic heterocycles. The maximum Gasteiger partial charge on any atom is 0.301 e. The SMILES string of the molecule is CCOc1cc(C2C(=C(O)c3ccccc3)C(=O)C(=O)N2c2nnc(SCc3ccccc3F)s2)ccc1OCc1ccccc1. The number of carbonyl (C=O) groups is 2. The van der Waals surface area contributed by atoms with Gasteiger partial charge in [-0.15, -0.1) is 10.2 Å². The van der Waals surface area contributed by atoms with E-state index in [-0.39, 0.29) is 22.3 Å². The van der Waals surface area contributed by atoms with Crippen LogP contribution in [0.3, 0.4) is 0 Å². The fraction of sp³-hybridized carbons (Fsp3) is 0.143. The van der Waals surface area contributed by atoms with Crippen molar-refractivity contribution in [3.8, 4) is 11.5 Å². The minimum absolute atomic E-state index is 0.0904. The van der Waals surface area contributed by atoms with Gasteiger partial charge in [-0.2, -0.15) is 0 Å². The lowest BCUT2D eigenvalue weighted by Gasteiger charge is -2.23. The molecule has 6 rings (SSSR count). The quantitative estimate of drug-likeness (QED) is 0.0512. The Morgan fingerprint density at radius 1 is 0.913 bits per heavy atom. The molecule has 1 saturated heterocycles. The molecule has 1 atom stereocenters. The minimum Gasteiger partial charge on any atom is -0.507 e. The second-order valence-corrected chi connectivity index (χ2v) is 12.4. The van der Waals surface area contributed by atoms with E-state index < -0.39 is 17.7 Å². The molecule has 46 heavy (non-hydrogen) atoms. The van der Waals surface area contributed by atoms with Crippen molar-refractivity contribution in [2.24, 2.45) is 0 Å². The van der Waals surface area contributed by atoms with Crippen LogP contribution in [0.1, 0.15) is 35.2 Å². The van der Waals surface area contributed by atoms with E-state index in [0.717, 1.165) is 16.9 Å². The van der Waals surface area contributed by atoms with Crippen molar-refractivity contribution in [2.45, 2.75) is 29.7 Å². The molecule has 232 valence electrons. The fourth-order valence-corrected chi connectivity index (χ4v) is 6.88. The first-order valence-corrected chi connectivity index (χ1v) is 16.2. The number of ketones is 1. The molecule has 11 heteroatoms. The van der Waals surface area contributed by atoms with Gasteiger partial charge in [-0.3, -0.25) is 14.5 Å². The molecule has 1 amide bonds. The van der Waals surface area contributed by atoms with Gasteiger partial charge < -0.3 is 14.6 Å². The van der Waals surface area contributed by atoms with Crippen LogP contribution in [0.15, 0.2) is 113 Å². The average Bonchev–Trinajstić information content (AvgIpc) is 3.66. The first-order chi connectivity index (χ1) is 22.4. The molecule has 1 unspecified atom stereocenters. The number of anilines is 1. The minimum atomic E-state index is -1.04. The van der Waals surface area contributed by atoms with E-state index >= 15 is 0 Å². The van der Waals surface area contributed by atoms with E-state index in [1.807, 2.05) is 37.3 Å². The molecular weight excluding hydrogens is 626 g/mol. The number of ether oxygens (including phenoxy) is 2. The van der Waals surface area contributed by atoms with Crippen LogP contribution < -0.4 is 14.4 Å². The molecule has 2 heterocycles. The molecule has 1 fully saturated rings. The highest BCUT2D eigenvalue weighted by atomic mass is 32.2. The van der Waals surface area contributed by atoms with Crippen molar-refractivity contribution in [3.05, 3.63) is 137 Å². The largest absolute Gasteiger partial charge is 0.507 e. The Labute approximate surface area is 273 Å². The summed E-state index contributed by atoms with van der Waals surface area (Å²) in [6, 6.07) is 28.9. The van der Waals surface area contributed by atoms with Crippen LogP contribution in [0.5, 0.6) is 11.5 Å². The summed E-state index contributed by atoms with van der Waals surface area (Å²) in [5.74, 6) is -1.15. The molecule has 0 radical (unpaired) electrons. The third kappa shape index (κ3) is 6.51. The summed E-state index contributed by atoms with van der Waals surface area (Å²) >= 11 is 2.37. The topological polar surface area (TPSA) is 102 Å². The van der Waals surface area contributed by atoms with Crippen molar-refractivity contribution < 1.29 is 28.6 Å². The number of carbonyl (C=O) groups excluding carboxylic acids is 2. The average molecular weight is 654 g/mol. The Morgan fingerprint density at radius 2 is 1.63 bits per heavy atom. The number of benzene rings is 4. The van der Waals surface area contributed by atoms with Crippen LogP contribution in [-0.4, -0.2) is 33.6 Å². The molecule has 0 spiro atoms. The Hall–Kier alpha value is -5.00. The molecule has 0 bridgehead atoms. The monoisotopic (exact) mass is 653 g/mol. The van der Waals surface area contributed by atoms with Crippen LogP contribution in [-0.2, 0) is 21.9 Å². The van der Waals surface area contributed by atoms with Gasteiger partial charge in [0.05, 0.1) is 18.2 Å². The van der Waals surface area contributed by atoms with Gasteiger partial charge in [-0.05, 0) is 41.8 Å². The summed E-state index contributed by atoms with van der Waals surface area (Å²) in [5.41, 5.74) is 2.28. The number of aromatic nitrogens is 2. The molecule has 0 saturated carbocycles. The number of Topliss-reactive ketones (excluding diaryl/α,β-unsaturated/α-hetero) is 1. The highest BCUT2D eigenvalue weighted by Crippen LogP contribution is 2.45. The number of hydrogen-bond acceptors (Lipinski definition) is 9. The van der Waals surface area contributed by atoms with E-state index in [1.54, 1.807) is 66.7 Å². The van der Waals surface area contributed by atoms with Crippen LogP contribution in [0.2, 0.25) is 0 Å². The van der Waals surface area contributed by atoms with Gasteiger partial charge in [0, 0.05) is 11.3 Å². The Bertz CT molecular complexity index is 1900. The molecule has 1 aliphatic rings. The summed E-state index contributed by atoms with van der Waals surface area (Å²) in [7, 11) is 0. The second kappa shape index (κ2) is 14.0. The first-order valence-electron chi connectivity index (χ1n) is 14.4. The molecule has 8 nitrogen and oxygen atoms in total. The molecule has 1 aromatic heterocycles.